The molecule has 0 aliphatic carbocycles. The van der Waals surface area contributed by atoms with Crippen molar-refractivity contribution in [3.63, 3.8) is 0 Å². The van der Waals surface area contributed by atoms with Crippen LogP contribution in [0.25, 0.3) is 5.65 Å². The van der Waals surface area contributed by atoms with Gasteiger partial charge in [0.15, 0.2) is 16.6 Å². The summed E-state index contributed by atoms with van der Waals surface area (Å²) < 4.78 is 1.87. The highest BCUT2D eigenvalue weighted by molar-refractivity contribution is 8.00. The van der Waals surface area contributed by atoms with E-state index in [1.54, 1.807) is 24.3 Å². The van der Waals surface area contributed by atoms with Gasteiger partial charge in [-0.05, 0) is 43.3 Å². The second kappa shape index (κ2) is 5.87. The molecule has 3 aromatic rings. The molecule has 1 aromatic carbocycles. The van der Waals surface area contributed by atoms with Crippen LogP contribution in [0.5, 0.6) is 0 Å². The Balaban J connectivity index is 1.81. The normalized spacial score (nSPS) is 12.5. The maximum atomic E-state index is 12.4. The molecule has 2 aromatic heterocycles. The summed E-state index contributed by atoms with van der Waals surface area (Å²) in [6, 6.07) is 12.6. The predicted molar refractivity (Wildman–Crippen MR) is 84.1 cm³/mol. The van der Waals surface area contributed by atoms with Crippen molar-refractivity contribution >= 4 is 34.8 Å². The van der Waals surface area contributed by atoms with Crippen LogP contribution in [0.1, 0.15) is 17.3 Å². The van der Waals surface area contributed by atoms with Crippen molar-refractivity contribution in [2.24, 2.45) is 0 Å². The third-order valence-corrected chi connectivity index (χ3v) is 4.37. The first-order chi connectivity index (χ1) is 10.1. The molecule has 0 spiro atoms. The number of pyridine rings is 1. The smallest absolute Gasteiger partial charge is 0.196 e. The number of rotatable bonds is 4. The molecule has 0 N–H and O–H groups in total. The van der Waals surface area contributed by atoms with Gasteiger partial charge in [-0.25, -0.2) is 0 Å². The van der Waals surface area contributed by atoms with Gasteiger partial charge < -0.3 is 0 Å². The summed E-state index contributed by atoms with van der Waals surface area (Å²) in [4.78, 5) is 12.4. The summed E-state index contributed by atoms with van der Waals surface area (Å²) in [5.41, 5.74) is 1.42. The van der Waals surface area contributed by atoms with E-state index in [0.717, 1.165) is 5.65 Å². The van der Waals surface area contributed by atoms with Crippen molar-refractivity contribution in [2.45, 2.75) is 17.3 Å². The second-order valence-corrected chi connectivity index (χ2v) is 6.29. The van der Waals surface area contributed by atoms with Crippen LogP contribution in [0.3, 0.4) is 0 Å². The molecule has 0 aliphatic heterocycles. The second-order valence-electron chi connectivity index (χ2n) is 4.54. The lowest BCUT2D eigenvalue weighted by Gasteiger charge is -2.09. The lowest BCUT2D eigenvalue weighted by Crippen LogP contribution is -2.13. The molecule has 6 heteroatoms. The van der Waals surface area contributed by atoms with Crippen LogP contribution in [-0.4, -0.2) is 25.6 Å². The number of halogens is 1. The van der Waals surface area contributed by atoms with E-state index in [2.05, 4.69) is 10.2 Å². The molecule has 4 nitrogen and oxygen atoms in total. The number of hydrogen-bond donors (Lipinski definition) is 0. The Bertz CT molecular complexity index is 785. The molecule has 1 atom stereocenters. The minimum absolute atomic E-state index is 0.0457. The monoisotopic (exact) mass is 317 g/mol. The summed E-state index contributed by atoms with van der Waals surface area (Å²) in [5.74, 6) is 0.0457. The minimum Gasteiger partial charge on any atom is -0.293 e. The Labute approximate surface area is 131 Å². The number of ketones is 1. The Morgan fingerprint density at radius 1 is 1.19 bits per heavy atom. The van der Waals surface area contributed by atoms with E-state index < -0.39 is 0 Å². The Kier molecular flexibility index (Phi) is 3.94. The quantitative estimate of drug-likeness (QED) is 0.543. The summed E-state index contributed by atoms with van der Waals surface area (Å²) in [6.45, 7) is 1.87. The Morgan fingerprint density at radius 2 is 1.95 bits per heavy atom. The van der Waals surface area contributed by atoms with E-state index in [-0.39, 0.29) is 11.0 Å². The maximum Gasteiger partial charge on any atom is 0.196 e. The van der Waals surface area contributed by atoms with E-state index in [4.69, 9.17) is 11.6 Å². The summed E-state index contributed by atoms with van der Waals surface area (Å²) >= 11 is 7.23. The molecule has 0 aliphatic rings. The zero-order valence-electron chi connectivity index (χ0n) is 11.2. The third kappa shape index (κ3) is 2.94. The van der Waals surface area contributed by atoms with Crippen LogP contribution in [0.15, 0.2) is 53.8 Å². The molecule has 0 saturated heterocycles. The van der Waals surface area contributed by atoms with Gasteiger partial charge in [0, 0.05) is 16.8 Å². The zero-order valence-corrected chi connectivity index (χ0v) is 12.8. The highest BCUT2D eigenvalue weighted by Gasteiger charge is 2.19. The largest absolute Gasteiger partial charge is 0.293 e. The van der Waals surface area contributed by atoms with Gasteiger partial charge in [-0.3, -0.25) is 9.20 Å². The molecule has 0 saturated carbocycles. The van der Waals surface area contributed by atoms with Gasteiger partial charge in [0.05, 0.1) is 5.25 Å². The van der Waals surface area contributed by atoms with Crippen LogP contribution in [-0.2, 0) is 0 Å². The fraction of sp³-hybridized carbons (Fsp3) is 0.133. The molecule has 21 heavy (non-hydrogen) atoms. The number of nitrogens with zero attached hydrogens (tertiary/aromatic N) is 3. The first-order valence-electron chi connectivity index (χ1n) is 6.41. The zero-order chi connectivity index (χ0) is 14.8. The molecule has 0 radical (unpaired) electrons. The molecular formula is C15H12ClN3OS. The number of Topliss-reactive ketones (excluding diaryl/α,β-unsaturated/α-hetero) is 1. The van der Waals surface area contributed by atoms with Gasteiger partial charge in [-0.15, -0.1) is 10.2 Å². The molecule has 0 fully saturated rings. The van der Waals surface area contributed by atoms with Gasteiger partial charge in [0.1, 0.15) is 0 Å². The first-order valence-corrected chi connectivity index (χ1v) is 7.67. The average molecular weight is 318 g/mol. The van der Waals surface area contributed by atoms with Gasteiger partial charge in [0.25, 0.3) is 0 Å². The topological polar surface area (TPSA) is 47.3 Å². The van der Waals surface area contributed by atoms with Gasteiger partial charge in [-0.1, -0.05) is 29.4 Å². The van der Waals surface area contributed by atoms with Crippen molar-refractivity contribution in [2.75, 3.05) is 0 Å². The van der Waals surface area contributed by atoms with E-state index in [9.17, 15) is 4.79 Å². The van der Waals surface area contributed by atoms with Gasteiger partial charge in [0.2, 0.25) is 0 Å². The Morgan fingerprint density at radius 3 is 2.71 bits per heavy atom. The molecule has 3 rings (SSSR count). The van der Waals surface area contributed by atoms with Crippen LogP contribution < -0.4 is 0 Å². The SMILES string of the molecule is C[C@@H](Sc1nnc2ccccn12)C(=O)c1ccc(Cl)cc1. The number of carbonyl (C=O) groups excluding carboxylic acids is 1. The van der Waals surface area contributed by atoms with E-state index in [1.165, 1.54) is 11.8 Å². The fourth-order valence-corrected chi connectivity index (χ4v) is 3.00. The standard InChI is InChI=1S/C15H12ClN3OS/c1-10(14(20)11-5-7-12(16)8-6-11)21-15-18-17-13-4-2-3-9-19(13)15/h2-10H,1H3/t10-/m1/s1. The summed E-state index contributed by atoms with van der Waals surface area (Å²) in [6.07, 6.45) is 1.89. The van der Waals surface area contributed by atoms with Crippen molar-refractivity contribution in [3.8, 4) is 0 Å². The lowest BCUT2D eigenvalue weighted by atomic mass is 10.1. The lowest BCUT2D eigenvalue weighted by molar-refractivity contribution is 0.0994. The first kappa shape index (κ1) is 14.1. The summed E-state index contributed by atoms with van der Waals surface area (Å²) in [5, 5.41) is 9.29. The highest BCUT2D eigenvalue weighted by atomic mass is 35.5. The predicted octanol–water partition coefficient (Wildman–Crippen LogP) is 3.75. The highest BCUT2D eigenvalue weighted by Crippen LogP contribution is 2.25. The number of benzene rings is 1. The van der Waals surface area contributed by atoms with Crippen molar-refractivity contribution in [1.29, 1.82) is 0 Å². The molecule has 0 amide bonds. The van der Waals surface area contributed by atoms with E-state index in [1.807, 2.05) is 35.7 Å². The van der Waals surface area contributed by atoms with Crippen molar-refractivity contribution < 1.29 is 4.79 Å². The number of thioether (sulfide) groups is 1. The van der Waals surface area contributed by atoms with Gasteiger partial charge >= 0.3 is 0 Å². The fourth-order valence-electron chi connectivity index (χ4n) is 1.96. The van der Waals surface area contributed by atoms with E-state index >= 15 is 0 Å². The van der Waals surface area contributed by atoms with E-state index in [0.29, 0.717) is 15.7 Å². The molecule has 0 unspecified atom stereocenters. The number of fused-ring (bicyclic) bond motifs is 1. The molecule has 2 heterocycles. The van der Waals surface area contributed by atoms with Gasteiger partial charge in [-0.2, -0.15) is 0 Å². The van der Waals surface area contributed by atoms with Crippen LogP contribution in [0, 0.1) is 0 Å². The van der Waals surface area contributed by atoms with Crippen molar-refractivity contribution in [3.05, 3.63) is 59.2 Å². The van der Waals surface area contributed by atoms with Crippen LogP contribution >= 0.6 is 23.4 Å². The molecular weight excluding hydrogens is 306 g/mol. The summed E-state index contributed by atoms with van der Waals surface area (Å²) in [7, 11) is 0. The maximum absolute atomic E-state index is 12.4. The Hall–Kier alpha value is -1.85. The van der Waals surface area contributed by atoms with Crippen molar-refractivity contribution in [1.82, 2.24) is 14.6 Å². The van der Waals surface area contributed by atoms with Crippen LogP contribution in [0.4, 0.5) is 0 Å². The number of hydrogen-bond acceptors (Lipinski definition) is 4. The minimum atomic E-state index is -0.251. The van der Waals surface area contributed by atoms with Crippen LogP contribution in [0.2, 0.25) is 5.02 Å². The molecule has 0 bridgehead atoms. The number of aromatic nitrogens is 3. The molecule has 106 valence electrons. The average Bonchev–Trinajstić information content (AvgIpc) is 2.91. The third-order valence-electron chi connectivity index (χ3n) is 3.06. The number of carbonyl (C=O) groups is 1.